The SMILES string of the molecule is O=c1[nH]c2cc3c(cc2c(C2CC2)c1-c1ccccc1)OCCO3. The van der Waals surface area contributed by atoms with Crippen molar-refractivity contribution in [3.8, 4) is 22.6 Å². The molecule has 1 saturated carbocycles. The molecular formula is C20H17NO3. The highest BCUT2D eigenvalue weighted by Gasteiger charge is 2.31. The van der Waals surface area contributed by atoms with Gasteiger partial charge in [0.05, 0.1) is 11.1 Å². The zero-order chi connectivity index (χ0) is 16.1. The molecule has 2 aromatic carbocycles. The molecule has 2 heterocycles. The second-order valence-electron chi connectivity index (χ2n) is 6.42. The van der Waals surface area contributed by atoms with E-state index in [1.807, 2.05) is 42.5 Å². The summed E-state index contributed by atoms with van der Waals surface area (Å²) in [7, 11) is 0. The minimum atomic E-state index is -0.0349. The highest BCUT2D eigenvalue weighted by Crippen LogP contribution is 2.47. The predicted octanol–water partition coefficient (Wildman–Crippen LogP) is 3.84. The number of benzene rings is 2. The fourth-order valence-electron chi connectivity index (χ4n) is 3.54. The molecule has 0 spiro atoms. The lowest BCUT2D eigenvalue weighted by atomic mass is 9.94. The van der Waals surface area contributed by atoms with E-state index in [2.05, 4.69) is 4.98 Å². The second-order valence-corrected chi connectivity index (χ2v) is 6.42. The Labute approximate surface area is 139 Å². The van der Waals surface area contributed by atoms with Gasteiger partial charge in [0.25, 0.3) is 5.56 Å². The van der Waals surface area contributed by atoms with Crippen LogP contribution in [-0.2, 0) is 0 Å². The Bertz CT molecular complexity index is 987. The van der Waals surface area contributed by atoms with E-state index in [1.54, 1.807) is 0 Å². The van der Waals surface area contributed by atoms with Crippen LogP contribution in [0.25, 0.3) is 22.0 Å². The van der Waals surface area contributed by atoms with Crippen LogP contribution >= 0.6 is 0 Å². The number of aromatic amines is 1. The van der Waals surface area contributed by atoms with Crippen LogP contribution < -0.4 is 15.0 Å². The molecule has 4 nitrogen and oxygen atoms in total. The number of hydrogen-bond acceptors (Lipinski definition) is 3. The molecule has 3 aromatic rings. The van der Waals surface area contributed by atoms with E-state index >= 15 is 0 Å². The zero-order valence-electron chi connectivity index (χ0n) is 13.2. The van der Waals surface area contributed by atoms with Crippen LogP contribution in [0.15, 0.2) is 47.3 Å². The molecule has 4 heteroatoms. The van der Waals surface area contributed by atoms with Crippen LogP contribution in [0, 0.1) is 0 Å². The summed E-state index contributed by atoms with van der Waals surface area (Å²) >= 11 is 0. The fourth-order valence-corrected chi connectivity index (χ4v) is 3.54. The van der Waals surface area contributed by atoms with Gasteiger partial charge >= 0.3 is 0 Å². The lowest BCUT2D eigenvalue weighted by Crippen LogP contribution is -2.17. The fraction of sp³-hybridized carbons (Fsp3) is 0.250. The molecule has 0 amide bonds. The van der Waals surface area contributed by atoms with Crippen molar-refractivity contribution in [1.82, 2.24) is 4.98 Å². The van der Waals surface area contributed by atoms with E-state index in [1.165, 1.54) is 0 Å². The summed E-state index contributed by atoms with van der Waals surface area (Å²) in [5.41, 5.74) is 3.70. The summed E-state index contributed by atoms with van der Waals surface area (Å²) in [5.74, 6) is 1.92. The highest BCUT2D eigenvalue weighted by molar-refractivity contribution is 5.92. The van der Waals surface area contributed by atoms with Crippen molar-refractivity contribution in [3.63, 3.8) is 0 Å². The monoisotopic (exact) mass is 319 g/mol. The Balaban J connectivity index is 1.85. The molecule has 0 bridgehead atoms. The summed E-state index contributed by atoms with van der Waals surface area (Å²) < 4.78 is 11.4. The highest BCUT2D eigenvalue weighted by atomic mass is 16.6. The molecule has 0 unspecified atom stereocenters. The van der Waals surface area contributed by atoms with Gasteiger partial charge in [-0.15, -0.1) is 0 Å². The standard InChI is InChI=1S/C20H17NO3/c22-20-19(12-4-2-1-3-5-12)18(13-6-7-13)14-10-16-17(11-15(14)21-20)24-9-8-23-16/h1-5,10-11,13H,6-9H2,(H,21,22). The first-order valence-corrected chi connectivity index (χ1v) is 8.36. The normalized spacial score (nSPS) is 16.3. The lowest BCUT2D eigenvalue weighted by Gasteiger charge is -2.20. The number of fused-ring (bicyclic) bond motifs is 2. The van der Waals surface area contributed by atoms with E-state index in [0.717, 1.165) is 46.2 Å². The molecule has 1 aliphatic carbocycles. The number of nitrogens with one attached hydrogen (secondary N) is 1. The third-order valence-electron chi connectivity index (χ3n) is 4.77. The Morgan fingerprint density at radius 1 is 0.958 bits per heavy atom. The molecule has 24 heavy (non-hydrogen) atoms. The zero-order valence-corrected chi connectivity index (χ0v) is 13.2. The molecule has 1 fully saturated rings. The maximum atomic E-state index is 12.8. The second kappa shape index (κ2) is 5.13. The minimum Gasteiger partial charge on any atom is -0.486 e. The summed E-state index contributed by atoms with van der Waals surface area (Å²) in [6, 6.07) is 13.8. The molecule has 2 aliphatic rings. The van der Waals surface area contributed by atoms with Crippen LogP contribution in [-0.4, -0.2) is 18.2 Å². The summed E-state index contributed by atoms with van der Waals surface area (Å²) in [5, 5.41) is 1.07. The van der Waals surface area contributed by atoms with Gasteiger partial charge in [-0.1, -0.05) is 30.3 Å². The largest absolute Gasteiger partial charge is 0.486 e. The summed E-state index contributed by atoms with van der Waals surface area (Å²) in [6.45, 7) is 1.10. The van der Waals surface area contributed by atoms with E-state index < -0.39 is 0 Å². The van der Waals surface area contributed by atoms with Crippen molar-refractivity contribution < 1.29 is 9.47 Å². The van der Waals surface area contributed by atoms with Gasteiger partial charge in [0, 0.05) is 11.5 Å². The number of rotatable bonds is 2. The van der Waals surface area contributed by atoms with Crippen LogP contribution in [0.3, 0.4) is 0 Å². The van der Waals surface area contributed by atoms with Gasteiger partial charge in [0.15, 0.2) is 11.5 Å². The van der Waals surface area contributed by atoms with Crippen molar-refractivity contribution in [1.29, 1.82) is 0 Å². The third-order valence-corrected chi connectivity index (χ3v) is 4.77. The number of hydrogen-bond donors (Lipinski definition) is 1. The first kappa shape index (κ1) is 13.7. The van der Waals surface area contributed by atoms with Crippen molar-refractivity contribution >= 4 is 10.9 Å². The maximum Gasteiger partial charge on any atom is 0.256 e. The minimum absolute atomic E-state index is 0.0349. The van der Waals surface area contributed by atoms with Gasteiger partial charge in [-0.05, 0) is 36.0 Å². The Morgan fingerprint density at radius 3 is 2.38 bits per heavy atom. The van der Waals surface area contributed by atoms with Crippen molar-refractivity contribution in [2.24, 2.45) is 0 Å². The first-order chi connectivity index (χ1) is 11.8. The van der Waals surface area contributed by atoms with Gasteiger partial charge in [-0.2, -0.15) is 0 Å². The van der Waals surface area contributed by atoms with Crippen LogP contribution in [0.4, 0.5) is 0 Å². The summed E-state index contributed by atoms with van der Waals surface area (Å²) in [4.78, 5) is 15.9. The van der Waals surface area contributed by atoms with Gasteiger partial charge in [-0.3, -0.25) is 4.79 Å². The van der Waals surface area contributed by atoms with E-state index in [-0.39, 0.29) is 5.56 Å². The van der Waals surface area contributed by atoms with Crippen molar-refractivity contribution in [3.05, 3.63) is 58.4 Å². The molecule has 120 valence electrons. The number of H-pyrrole nitrogens is 1. The quantitative estimate of drug-likeness (QED) is 0.780. The summed E-state index contributed by atoms with van der Waals surface area (Å²) in [6.07, 6.45) is 2.26. The van der Waals surface area contributed by atoms with Crippen molar-refractivity contribution in [2.75, 3.05) is 13.2 Å². The van der Waals surface area contributed by atoms with Gasteiger partial charge in [-0.25, -0.2) is 0 Å². The Kier molecular flexibility index (Phi) is 2.92. The Morgan fingerprint density at radius 2 is 1.67 bits per heavy atom. The molecule has 5 rings (SSSR count). The van der Waals surface area contributed by atoms with Crippen LogP contribution in [0.5, 0.6) is 11.5 Å². The van der Waals surface area contributed by atoms with E-state index in [9.17, 15) is 4.79 Å². The maximum absolute atomic E-state index is 12.8. The molecular weight excluding hydrogens is 302 g/mol. The van der Waals surface area contributed by atoms with Gasteiger partial charge in [0.1, 0.15) is 13.2 Å². The predicted molar refractivity (Wildman–Crippen MR) is 93.0 cm³/mol. The molecule has 0 radical (unpaired) electrons. The van der Waals surface area contributed by atoms with Crippen LogP contribution in [0.2, 0.25) is 0 Å². The van der Waals surface area contributed by atoms with Crippen molar-refractivity contribution in [2.45, 2.75) is 18.8 Å². The van der Waals surface area contributed by atoms with E-state index in [4.69, 9.17) is 9.47 Å². The molecule has 1 aliphatic heterocycles. The number of ether oxygens (including phenoxy) is 2. The number of pyridine rings is 1. The average molecular weight is 319 g/mol. The lowest BCUT2D eigenvalue weighted by molar-refractivity contribution is 0.172. The third kappa shape index (κ3) is 2.10. The van der Waals surface area contributed by atoms with E-state index in [0.29, 0.717) is 24.9 Å². The van der Waals surface area contributed by atoms with Gasteiger partial charge < -0.3 is 14.5 Å². The number of aromatic nitrogens is 1. The first-order valence-electron chi connectivity index (χ1n) is 8.36. The molecule has 1 aromatic heterocycles. The molecule has 0 saturated heterocycles. The van der Waals surface area contributed by atoms with Gasteiger partial charge in [0.2, 0.25) is 0 Å². The van der Waals surface area contributed by atoms with Crippen LogP contribution in [0.1, 0.15) is 24.3 Å². The molecule has 0 atom stereocenters. The molecule has 1 N–H and O–H groups in total. The Hall–Kier alpha value is -2.75. The smallest absolute Gasteiger partial charge is 0.256 e. The average Bonchev–Trinajstić information content (AvgIpc) is 3.44. The topological polar surface area (TPSA) is 51.3 Å².